The van der Waals surface area contributed by atoms with Gasteiger partial charge in [-0.3, -0.25) is 9.21 Å². The van der Waals surface area contributed by atoms with Crippen LogP contribution in [0.1, 0.15) is 43.6 Å². The first-order valence-corrected chi connectivity index (χ1v) is 13.2. The van der Waals surface area contributed by atoms with Gasteiger partial charge in [-0.15, -0.1) is 6.58 Å². The molecule has 0 radical (unpaired) electrons. The molecule has 2 fully saturated rings. The molecule has 0 aromatic heterocycles. The Kier molecular flexibility index (Phi) is 5.76. The number of sulfonamides is 1. The van der Waals surface area contributed by atoms with Crippen LogP contribution in [-0.4, -0.2) is 52.1 Å². The molecule has 0 spiro atoms. The van der Waals surface area contributed by atoms with Crippen LogP contribution in [0.3, 0.4) is 0 Å². The fourth-order valence-electron chi connectivity index (χ4n) is 5.98. The van der Waals surface area contributed by atoms with Crippen LogP contribution in [0, 0.1) is 0 Å². The van der Waals surface area contributed by atoms with E-state index in [0.717, 1.165) is 37.8 Å². The fourth-order valence-corrected chi connectivity index (χ4v) is 7.19. The van der Waals surface area contributed by atoms with Gasteiger partial charge in [0.2, 0.25) is 0 Å². The molecule has 0 N–H and O–H groups in total. The van der Waals surface area contributed by atoms with E-state index in [4.69, 9.17) is 0 Å². The van der Waals surface area contributed by atoms with E-state index in [0.29, 0.717) is 16.9 Å². The lowest BCUT2D eigenvalue weighted by atomic mass is 9.88. The number of nitrogens with zero attached hydrogens (tertiary/aromatic N) is 3. The molecule has 2 atom stereocenters. The first kappa shape index (κ1) is 21.5. The maximum Gasteiger partial charge on any atom is 0.264 e. The molecule has 1 saturated heterocycles. The lowest BCUT2D eigenvalue weighted by Gasteiger charge is -2.41. The molecular formula is C26H33N3O2S. The molecule has 32 heavy (non-hydrogen) atoms. The summed E-state index contributed by atoms with van der Waals surface area (Å²) in [6, 6.07) is 16.0. The van der Waals surface area contributed by atoms with Crippen LogP contribution >= 0.6 is 0 Å². The number of fused-ring (bicyclic) bond motifs is 3. The Balaban J connectivity index is 1.48. The lowest BCUT2D eigenvalue weighted by molar-refractivity contribution is 0.141. The van der Waals surface area contributed by atoms with E-state index in [1.54, 1.807) is 31.3 Å². The second-order valence-corrected chi connectivity index (χ2v) is 11.3. The molecule has 2 aromatic rings. The highest BCUT2D eigenvalue weighted by Crippen LogP contribution is 2.47. The highest BCUT2D eigenvalue weighted by molar-refractivity contribution is 7.92. The Morgan fingerprint density at radius 1 is 1.09 bits per heavy atom. The van der Waals surface area contributed by atoms with E-state index in [1.807, 2.05) is 18.2 Å². The number of hydrogen-bond acceptors (Lipinski definition) is 4. The minimum atomic E-state index is -3.59. The van der Waals surface area contributed by atoms with Gasteiger partial charge in [-0.1, -0.05) is 37.1 Å². The third-order valence-corrected chi connectivity index (χ3v) is 9.46. The predicted octanol–water partition coefficient (Wildman–Crippen LogP) is 4.62. The zero-order valence-corrected chi connectivity index (χ0v) is 19.7. The van der Waals surface area contributed by atoms with Gasteiger partial charge in [-0.2, -0.15) is 0 Å². The zero-order chi connectivity index (χ0) is 22.3. The minimum Gasteiger partial charge on any atom is -0.364 e. The molecule has 6 heteroatoms. The SMILES string of the molecule is C=CCN1c2ccc(N(C)S(=O)(=O)c3ccccc3)cc2C2CN(C3CCCC3)CCC21. The van der Waals surface area contributed by atoms with Gasteiger partial charge >= 0.3 is 0 Å². The Morgan fingerprint density at radius 3 is 2.56 bits per heavy atom. The third kappa shape index (κ3) is 3.63. The van der Waals surface area contributed by atoms with Crippen LogP contribution in [-0.2, 0) is 10.0 Å². The van der Waals surface area contributed by atoms with Crippen LogP contribution in [0.2, 0.25) is 0 Å². The molecule has 0 amide bonds. The number of hydrogen-bond donors (Lipinski definition) is 0. The van der Waals surface area contributed by atoms with Crippen molar-refractivity contribution < 1.29 is 8.42 Å². The van der Waals surface area contributed by atoms with Gasteiger partial charge in [0.25, 0.3) is 10.0 Å². The van der Waals surface area contributed by atoms with Crippen molar-refractivity contribution in [3.8, 4) is 0 Å². The van der Waals surface area contributed by atoms with Crippen molar-refractivity contribution in [1.29, 1.82) is 0 Å². The molecule has 5 rings (SSSR count). The van der Waals surface area contributed by atoms with Gasteiger partial charge in [0, 0.05) is 50.4 Å². The van der Waals surface area contributed by atoms with Gasteiger partial charge in [0.1, 0.15) is 0 Å². The minimum absolute atomic E-state index is 0.319. The number of likely N-dealkylation sites (tertiary alicyclic amines) is 1. The second kappa shape index (κ2) is 8.56. The zero-order valence-electron chi connectivity index (χ0n) is 18.9. The van der Waals surface area contributed by atoms with Gasteiger partial charge in [0.15, 0.2) is 0 Å². The van der Waals surface area contributed by atoms with Gasteiger partial charge in [0.05, 0.1) is 10.6 Å². The molecule has 0 bridgehead atoms. The highest BCUT2D eigenvalue weighted by Gasteiger charge is 2.43. The quantitative estimate of drug-likeness (QED) is 0.601. The number of anilines is 2. The van der Waals surface area contributed by atoms with Crippen LogP contribution in [0.5, 0.6) is 0 Å². The molecule has 2 heterocycles. The number of rotatable bonds is 6. The Hall–Kier alpha value is -2.31. The molecule has 170 valence electrons. The summed E-state index contributed by atoms with van der Waals surface area (Å²) in [6.45, 7) is 7.03. The maximum absolute atomic E-state index is 13.2. The molecule has 2 aromatic carbocycles. The smallest absolute Gasteiger partial charge is 0.264 e. The summed E-state index contributed by atoms with van der Waals surface area (Å²) in [5.41, 5.74) is 3.25. The molecular weight excluding hydrogens is 418 g/mol. The number of benzene rings is 2. The van der Waals surface area contributed by atoms with Gasteiger partial charge in [-0.25, -0.2) is 8.42 Å². The molecule has 3 aliphatic rings. The van der Waals surface area contributed by atoms with Crippen LogP contribution in [0.25, 0.3) is 0 Å². The average molecular weight is 452 g/mol. The lowest BCUT2D eigenvalue weighted by Crippen LogP contribution is -2.49. The number of piperidine rings is 1. The van der Waals surface area contributed by atoms with E-state index in [-0.39, 0.29) is 0 Å². The Morgan fingerprint density at radius 2 is 1.84 bits per heavy atom. The normalized spacial score (nSPS) is 23.7. The summed E-state index contributed by atoms with van der Waals surface area (Å²) < 4.78 is 27.8. The maximum atomic E-state index is 13.2. The summed E-state index contributed by atoms with van der Waals surface area (Å²) in [4.78, 5) is 5.50. The summed E-state index contributed by atoms with van der Waals surface area (Å²) >= 11 is 0. The fraction of sp³-hybridized carbons (Fsp3) is 0.462. The van der Waals surface area contributed by atoms with Crippen molar-refractivity contribution in [3.63, 3.8) is 0 Å². The monoisotopic (exact) mass is 451 g/mol. The second-order valence-electron chi connectivity index (χ2n) is 9.37. The van der Waals surface area contributed by atoms with Crippen molar-refractivity contribution in [2.45, 2.75) is 55.0 Å². The largest absolute Gasteiger partial charge is 0.364 e. The van der Waals surface area contributed by atoms with Crippen molar-refractivity contribution in [3.05, 3.63) is 66.7 Å². The van der Waals surface area contributed by atoms with Gasteiger partial charge < -0.3 is 4.90 Å². The van der Waals surface area contributed by atoms with Crippen LogP contribution < -0.4 is 9.21 Å². The standard InChI is InChI=1S/C26H33N3O2S/c1-3-16-29-25-14-13-21(27(2)32(30,31)22-11-5-4-6-12-22)18-23(25)24-19-28(17-15-26(24)29)20-9-7-8-10-20/h3-6,11-14,18,20,24,26H,1,7-10,15-17,19H2,2H3. The first-order chi connectivity index (χ1) is 15.5. The van der Waals surface area contributed by atoms with E-state index in [2.05, 4.69) is 28.5 Å². The van der Waals surface area contributed by atoms with E-state index >= 15 is 0 Å². The van der Waals surface area contributed by atoms with Crippen molar-refractivity contribution in [2.24, 2.45) is 0 Å². The Bertz CT molecular complexity index is 1080. The highest BCUT2D eigenvalue weighted by atomic mass is 32.2. The van der Waals surface area contributed by atoms with E-state index in [1.165, 1.54) is 41.2 Å². The molecule has 5 nitrogen and oxygen atoms in total. The topological polar surface area (TPSA) is 43.9 Å². The predicted molar refractivity (Wildman–Crippen MR) is 131 cm³/mol. The van der Waals surface area contributed by atoms with Crippen LogP contribution in [0.4, 0.5) is 11.4 Å². The van der Waals surface area contributed by atoms with Crippen molar-refractivity contribution in [2.75, 3.05) is 35.9 Å². The molecule has 2 aliphatic heterocycles. The van der Waals surface area contributed by atoms with Crippen LogP contribution in [0.15, 0.2) is 66.1 Å². The third-order valence-electron chi connectivity index (χ3n) is 7.66. The van der Waals surface area contributed by atoms with Crippen molar-refractivity contribution >= 4 is 21.4 Å². The average Bonchev–Trinajstić information content (AvgIpc) is 3.46. The summed E-state index contributed by atoms with van der Waals surface area (Å²) in [6.07, 6.45) is 8.46. The molecule has 1 saturated carbocycles. The summed E-state index contributed by atoms with van der Waals surface area (Å²) in [5.74, 6) is 0.409. The van der Waals surface area contributed by atoms with Gasteiger partial charge in [-0.05, 0) is 55.2 Å². The summed E-state index contributed by atoms with van der Waals surface area (Å²) in [5, 5.41) is 0. The van der Waals surface area contributed by atoms with E-state index in [9.17, 15) is 8.42 Å². The Labute approximate surface area is 192 Å². The molecule has 2 unspecified atom stereocenters. The van der Waals surface area contributed by atoms with E-state index < -0.39 is 10.0 Å². The summed E-state index contributed by atoms with van der Waals surface area (Å²) in [7, 11) is -1.94. The van der Waals surface area contributed by atoms with Crippen molar-refractivity contribution in [1.82, 2.24) is 4.90 Å². The molecule has 1 aliphatic carbocycles. The first-order valence-electron chi connectivity index (χ1n) is 11.8.